The fraction of sp³-hybridized carbons (Fsp3) is 0.667. The van der Waals surface area contributed by atoms with E-state index in [1.165, 1.54) is 25.7 Å². The van der Waals surface area contributed by atoms with E-state index in [-0.39, 0.29) is 0 Å². The molecule has 0 saturated heterocycles. The summed E-state index contributed by atoms with van der Waals surface area (Å²) in [6.07, 6.45) is 13.1. The predicted octanol–water partition coefficient (Wildman–Crippen LogP) is 3.04. The summed E-state index contributed by atoms with van der Waals surface area (Å²) in [4.78, 5) is 0. The zero-order chi connectivity index (χ0) is 9.52. The Morgan fingerprint density at radius 2 is 2.31 bits per heavy atom. The summed E-state index contributed by atoms with van der Waals surface area (Å²) in [5.41, 5.74) is 1.65. The van der Waals surface area contributed by atoms with Gasteiger partial charge in [0.25, 0.3) is 0 Å². The van der Waals surface area contributed by atoms with Crippen molar-refractivity contribution < 1.29 is 0 Å². The summed E-state index contributed by atoms with van der Waals surface area (Å²) < 4.78 is 0. The SMILES string of the molecule is CNC(C)CCC1=CCC=CCC1. The number of rotatable bonds is 4. The van der Waals surface area contributed by atoms with Crippen molar-refractivity contribution in [1.29, 1.82) is 0 Å². The number of nitrogens with one attached hydrogen (secondary N) is 1. The van der Waals surface area contributed by atoms with E-state index in [9.17, 15) is 0 Å². The van der Waals surface area contributed by atoms with E-state index in [1.807, 2.05) is 7.05 Å². The Labute approximate surface area is 81.9 Å². The van der Waals surface area contributed by atoms with Crippen molar-refractivity contribution in [1.82, 2.24) is 5.32 Å². The summed E-state index contributed by atoms with van der Waals surface area (Å²) in [5, 5.41) is 3.28. The van der Waals surface area contributed by atoms with Crippen LogP contribution in [0, 0.1) is 0 Å². The fourth-order valence-electron chi connectivity index (χ4n) is 1.59. The van der Waals surface area contributed by atoms with Crippen LogP contribution in [0.5, 0.6) is 0 Å². The molecule has 1 aliphatic carbocycles. The van der Waals surface area contributed by atoms with Crippen LogP contribution in [-0.2, 0) is 0 Å². The Morgan fingerprint density at radius 1 is 1.46 bits per heavy atom. The van der Waals surface area contributed by atoms with Gasteiger partial charge in [0, 0.05) is 6.04 Å². The van der Waals surface area contributed by atoms with Gasteiger partial charge < -0.3 is 5.32 Å². The van der Waals surface area contributed by atoms with E-state index in [2.05, 4.69) is 30.5 Å². The van der Waals surface area contributed by atoms with Gasteiger partial charge >= 0.3 is 0 Å². The van der Waals surface area contributed by atoms with Gasteiger partial charge in [-0.25, -0.2) is 0 Å². The van der Waals surface area contributed by atoms with Gasteiger partial charge in [0.05, 0.1) is 0 Å². The molecule has 74 valence electrons. The highest BCUT2D eigenvalue weighted by Crippen LogP contribution is 2.17. The van der Waals surface area contributed by atoms with E-state index >= 15 is 0 Å². The third kappa shape index (κ3) is 4.28. The Balaban J connectivity index is 2.24. The number of hydrogen-bond acceptors (Lipinski definition) is 1. The van der Waals surface area contributed by atoms with E-state index in [0.29, 0.717) is 6.04 Å². The molecule has 0 saturated carbocycles. The monoisotopic (exact) mass is 179 g/mol. The molecule has 1 nitrogen and oxygen atoms in total. The van der Waals surface area contributed by atoms with Gasteiger partial charge in [-0.2, -0.15) is 0 Å². The molecule has 0 radical (unpaired) electrons. The molecule has 0 aromatic carbocycles. The largest absolute Gasteiger partial charge is 0.317 e. The van der Waals surface area contributed by atoms with Gasteiger partial charge in [0.2, 0.25) is 0 Å². The van der Waals surface area contributed by atoms with Crippen molar-refractivity contribution in [3.63, 3.8) is 0 Å². The first-order valence-corrected chi connectivity index (χ1v) is 5.33. The van der Waals surface area contributed by atoms with Crippen LogP contribution in [0.25, 0.3) is 0 Å². The van der Waals surface area contributed by atoms with Crippen LogP contribution in [0.2, 0.25) is 0 Å². The zero-order valence-electron chi connectivity index (χ0n) is 8.84. The average molecular weight is 179 g/mol. The second-order valence-corrected chi connectivity index (χ2v) is 3.84. The van der Waals surface area contributed by atoms with E-state index in [4.69, 9.17) is 0 Å². The summed E-state index contributed by atoms with van der Waals surface area (Å²) in [7, 11) is 2.04. The lowest BCUT2D eigenvalue weighted by Gasteiger charge is -2.11. The minimum absolute atomic E-state index is 0.650. The lowest BCUT2D eigenvalue weighted by molar-refractivity contribution is 0.558. The van der Waals surface area contributed by atoms with E-state index in [1.54, 1.807) is 5.57 Å². The Kier molecular flexibility index (Phi) is 4.84. The van der Waals surface area contributed by atoms with Crippen LogP contribution >= 0.6 is 0 Å². The zero-order valence-corrected chi connectivity index (χ0v) is 8.84. The number of allylic oxidation sites excluding steroid dienone is 4. The maximum atomic E-state index is 3.28. The van der Waals surface area contributed by atoms with Crippen molar-refractivity contribution in [2.45, 2.75) is 45.1 Å². The first-order valence-electron chi connectivity index (χ1n) is 5.33. The highest BCUT2D eigenvalue weighted by Gasteiger charge is 2.02. The molecule has 0 aliphatic heterocycles. The van der Waals surface area contributed by atoms with Crippen LogP contribution in [-0.4, -0.2) is 13.1 Å². The van der Waals surface area contributed by atoms with Crippen molar-refractivity contribution >= 4 is 0 Å². The molecule has 0 bridgehead atoms. The molecular weight excluding hydrogens is 158 g/mol. The molecule has 1 aliphatic rings. The van der Waals surface area contributed by atoms with Crippen LogP contribution in [0.4, 0.5) is 0 Å². The molecule has 0 amide bonds. The van der Waals surface area contributed by atoms with Crippen LogP contribution in [0.15, 0.2) is 23.8 Å². The van der Waals surface area contributed by atoms with Crippen molar-refractivity contribution in [3.8, 4) is 0 Å². The topological polar surface area (TPSA) is 12.0 Å². The van der Waals surface area contributed by atoms with Crippen LogP contribution in [0.1, 0.15) is 39.0 Å². The number of hydrogen-bond donors (Lipinski definition) is 1. The molecule has 1 atom stereocenters. The molecule has 0 aromatic heterocycles. The van der Waals surface area contributed by atoms with Gasteiger partial charge in [-0.3, -0.25) is 0 Å². The van der Waals surface area contributed by atoms with Crippen LogP contribution < -0.4 is 5.32 Å². The van der Waals surface area contributed by atoms with E-state index < -0.39 is 0 Å². The maximum absolute atomic E-state index is 3.28. The van der Waals surface area contributed by atoms with Crippen molar-refractivity contribution in [2.24, 2.45) is 0 Å². The van der Waals surface area contributed by atoms with Gasteiger partial charge in [-0.05, 0) is 46.1 Å². The third-order valence-corrected chi connectivity index (χ3v) is 2.73. The average Bonchev–Trinajstić information content (AvgIpc) is 2.42. The van der Waals surface area contributed by atoms with Gasteiger partial charge in [-0.15, -0.1) is 0 Å². The first kappa shape index (κ1) is 10.5. The molecule has 13 heavy (non-hydrogen) atoms. The second-order valence-electron chi connectivity index (χ2n) is 3.84. The minimum atomic E-state index is 0.650. The lowest BCUT2D eigenvalue weighted by Crippen LogP contribution is -2.20. The quantitative estimate of drug-likeness (QED) is 0.654. The molecule has 1 rings (SSSR count). The van der Waals surface area contributed by atoms with Crippen molar-refractivity contribution in [3.05, 3.63) is 23.8 Å². The van der Waals surface area contributed by atoms with E-state index in [0.717, 1.165) is 6.42 Å². The fourth-order valence-corrected chi connectivity index (χ4v) is 1.59. The molecule has 1 N–H and O–H groups in total. The lowest BCUT2D eigenvalue weighted by atomic mass is 10.0. The summed E-state index contributed by atoms with van der Waals surface area (Å²) >= 11 is 0. The maximum Gasteiger partial charge on any atom is 0.00387 e. The Bertz CT molecular complexity index is 191. The molecule has 0 aromatic rings. The standard InChI is InChI=1S/C12H21N/c1-11(13-2)9-10-12-7-5-3-4-6-8-12/h3-4,7,11,13H,5-6,8-10H2,1-2H3. The summed E-state index contributed by atoms with van der Waals surface area (Å²) in [5.74, 6) is 0. The second kappa shape index (κ2) is 5.98. The summed E-state index contributed by atoms with van der Waals surface area (Å²) in [6, 6.07) is 0.650. The Hall–Kier alpha value is -0.560. The Morgan fingerprint density at radius 3 is 3.08 bits per heavy atom. The summed E-state index contributed by atoms with van der Waals surface area (Å²) in [6.45, 7) is 2.25. The third-order valence-electron chi connectivity index (χ3n) is 2.73. The van der Waals surface area contributed by atoms with Gasteiger partial charge in [0.15, 0.2) is 0 Å². The normalized spacial score (nSPS) is 19.4. The van der Waals surface area contributed by atoms with Gasteiger partial charge in [0.1, 0.15) is 0 Å². The minimum Gasteiger partial charge on any atom is -0.317 e. The predicted molar refractivity (Wildman–Crippen MR) is 58.8 cm³/mol. The highest BCUT2D eigenvalue weighted by molar-refractivity contribution is 5.09. The van der Waals surface area contributed by atoms with Gasteiger partial charge in [-0.1, -0.05) is 23.8 Å². The first-order chi connectivity index (χ1) is 6.33. The highest BCUT2D eigenvalue weighted by atomic mass is 14.8. The molecule has 1 unspecified atom stereocenters. The molecular formula is C12H21N. The molecule has 0 fully saturated rings. The molecule has 0 spiro atoms. The van der Waals surface area contributed by atoms with Crippen molar-refractivity contribution in [2.75, 3.05) is 7.05 Å². The van der Waals surface area contributed by atoms with Crippen LogP contribution in [0.3, 0.4) is 0 Å². The molecule has 1 heteroatoms. The molecule has 0 heterocycles. The smallest absolute Gasteiger partial charge is 0.00387 e.